The SMILES string of the molecule is Cc1ccc(CNC(=O)C(CCCNC(N)=O)NC(=O)C(Cc2c[nH]c3ccccc23)NC(=O)[C@@H]2CCCCN2C(=O)C(CCC(=O)O)NC(=O)CCl)cc1. The first-order valence-electron chi connectivity index (χ1n) is 18.3. The minimum atomic E-state index is -1.23. The van der Waals surface area contributed by atoms with E-state index in [0.29, 0.717) is 19.3 Å². The number of hydrogen-bond donors (Lipinski definition) is 8. The summed E-state index contributed by atoms with van der Waals surface area (Å²) in [5.41, 5.74) is 8.65. The maximum atomic E-state index is 14.2. The molecule has 3 aromatic rings. The Kier molecular flexibility index (Phi) is 15.9. The number of aliphatic carboxylic acids is 1. The molecule has 0 aliphatic carbocycles. The van der Waals surface area contributed by atoms with E-state index in [4.69, 9.17) is 17.3 Å². The van der Waals surface area contributed by atoms with Gasteiger partial charge in [0.05, 0.1) is 0 Å². The van der Waals surface area contributed by atoms with Crippen LogP contribution in [0.15, 0.2) is 54.7 Å². The van der Waals surface area contributed by atoms with Crippen LogP contribution in [0.3, 0.4) is 0 Å². The van der Waals surface area contributed by atoms with Crippen LogP contribution in [0.4, 0.5) is 4.79 Å². The number of aromatic nitrogens is 1. The first-order chi connectivity index (χ1) is 26.4. The Balaban J connectivity index is 1.58. The summed E-state index contributed by atoms with van der Waals surface area (Å²) >= 11 is 5.66. The van der Waals surface area contributed by atoms with Crippen LogP contribution < -0.4 is 32.3 Å². The number of nitrogens with one attached hydrogen (secondary N) is 6. The average molecular weight is 781 g/mol. The van der Waals surface area contributed by atoms with Gasteiger partial charge in [0.2, 0.25) is 29.5 Å². The highest BCUT2D eigenvalue weighted by atomic mass is 35.5. The zero-order chi connectivity index (χ0) is 39.9. The molecule has 3 unspecified atom stereocenters. The summed E-state index contributed by atoms with van der Waals surface area (Å²) in [4.78, 5) is 95.0. The first-order valence-corrected chi connectivity index (χ1v) is 18.8. The first kappa shape index (κ1) is 42.1. The number of carboxylic acids is 1. The molecule has 55 heavy (non-hydrogen) atoms. The summed E-state index contributed by atoms with van der Waals surface area (Å²) in [7, 11) is 0. The Morgan fingerprint density at radius 3 is 2.36 bits per heavy atom. The fourth-order valence-electron chi connectivity index (χ4n) is 6.50. The average Bonchev–Trinajstić information content (AvgIpc) is 3.58. The fraction of sp³-hybridized carbons (Fsp3) is 0.447. The number of likely N-dealkylation sites (tertiary alicyclic amines) is 1. The van der Waals surface area contributed by atoms with E-state index in [2.05, 4.69) is 31.6 Å². The Morgan fingerprint density at radius 1 is 0.909 bits per heavy atom. The summed E-state index contributed by atoms with van der Waals surface area (Å²) in [6.07, 6.45) is 2.99. The molecule has 1 aliphatic heterocycles. The van der Waals surface area contributed by atoms with Gasteiger partial charge in [-0.05, 0) is 62.6 Å². The number of nitrogens with zero attached hydrogens (tertiary/aromatic N) is 1. The number of carbonyl (C=O) groups is 7. The largest absolute Gasteiger partial charge is 0.481 e. The van der Waals surface area contributed by atoms with Crippen molar-refractivity contribution < 1.29 is 38.7 Å². The molecule has 1 fully saturated rings. The molecule has 296 valence electrons. The molecule has 17 heteroatoms. The summed E-state index contributed by atoms with van der Waals surface area (Å²) in [5.74, 6) is -4.66. The molecule has 1 saturated heterocycles. The van der Waals surface area contributed by atoms with E-state index >= 15 is 0 Å². The Labute approximate surface area is 323 Å². The second-order valence-corrected chi connectivity index (χ2v) is 13.8. The smallest absolute Gasteiger partial charge is 0.312 e. The predicted molar refractivity (Wildman–Crippen MR) is 205 cm³/mol. The van der Waals surface area contributed by atoms with Gasteiger partial charge >= 0.3 is 12.0 Å². The molecule has 4 rings (SSSR count). The summed E-state index contributed by atoms with van der Waals surface area (Å²) in [6.45, 7) is 2.47. The number of nitrogens with two attached hydrogens (primary N) is 1. The lowest BCUT2D eigenvalue weighted by molar-refractivity contribution is -0.146. The van der Waals surface area contributed by atoms with Gasteiger partial charge in [-0.25, -0.2) is 4.79 Å². The quantitative estimate of drug-likeness (QED) is 0.0656. The number of H-pyrrole nitrogens is 1. The third-order valence-electron chi connectivity index (χ3n) is 9.41. The molecule has 1 aliphatic rings. The number of primary amides is 1. The third-order valence-corrected chi connectivity index (χ3v) is 9.65. The van der Waals surface area contributed by atoms with Gasteiger partial charge in [-0.15, -0.1) is 11.6 Å². The van der Waals surface area contributed by atoms with Crippen molar-refractivity contribution in [3.8, 4) is 0 Å². The Hall–Kier alpha value is -5.64. The Morgan fingerprint density at radius 2 is 1.65 bits per heavy atom. The molecule has 2 aromatic carbocycles. The fourth-order valence-corrected chi connectivity index (χ4v) is 6.58. The number of amides is 7. The lowest BCUT2D eigenvalue weighted by atomic mass is 9.97. The number of piperidine rings is 1. The van der Waals surface area contributed by atoms with E-state index in [1.54, 1.807) is 6.20 Å². The van der Waals surface area contributed by atoms with Crippen LogP contribution in [0.25, 0.3) is 10.9 Å². The van der Waals surface area contributed by atoms with Gasteiger partial charge in [0, 0.05) is 49.6 Å². The molecule has 0 bridgehead atoms. The monoisotopic (exact) mass is 780 g/mol. The number of fused-ring (bicyclic) bond motifs is 1. The topological polar surface area (TPSA) is 245 Å². The Bertz CT molecular complexity index is 1830. The van der Waals surface area contributed by atoms with Crippen LogP contribution in [0.5, 0.6) is 0 Å². The maximum Gasteiger partial charge on any atom is 0.312 e. The van der Waals surface area contributed by atoms with Crippen molar-refractivity contribution in [3.05, 3.63) is 71.4 Å². The zero-order valence-corrected chi connectivity index (χ0v) is 31.5. The normalized spacial score (nSPS) is 15.6. The van der Waals surface area contributed by atoms with Crippen molar-refractivity contribution in [2.24, 2.45) is 5.73 Å². The van der Waals surface area contributed by atoms with Crippen molar-refractivity contribution in [2.45, 2.75) is 89.0 Å². The number of benzene rings is 2. The molecule has 7 amide bonds. The van der Waals surface area contributed by atoms with Gasteiger partial charge in [0.1, 0.15) is 30.0 Å². The minimum Gasteiger partial charge on any atom is -0.481 e. The standard InChI is InChI=1S/C38H49ClN8O8/c1-23-11-13-24(14-12-23)21-43-34(51)28(9-6-17-41-38(40)55)45-35(52)30(19-25-22-42-27-8-3-2-7-26(25)27)46-36(53)31-10-4-5-18-47(31)37(54)29(15-16-33(49)50)44-32(48)20-39/h2-3,7-8,11-14,22,28-31,42H,4-6,9-10,15-21H2,1H3,(H,43,51)(H,44,48)(H,45,52)(H,46,53)(H,49,50)(H3,40,41,55)/t28?,29?,30?,31-/m0/s1. The lowest BCUT2D eigenvalue weighted by Gasteiger charge is -2.37. The van der Waals surface area contributed by atoms with E-state index in [1.807, 2.05) is 55.5 Å². The van der Waals surface area contributed by atoms with Crippen LogP contribution in [0, 0.1) is 6.92 Å². The van der Waals surface area contributed by atoms with Gasteiger partial charge in [0.25, 0.3) is 0 Å². The molecule has 1 aromatic heterocycles. The van der Waals surface area contributed by atoms with Gasteiger partial charge in [-0.2, -0.15) is 0 Å². The molecule has 4 atom stereocenters. The molecule has 0 radical (unpaired) electrons. The number of para-hydroxylation sites is 1. The molecule has 16 nitrogen and oxygen atoms in total. The number of carboxylic acid groups (broad SMARTS) is 1. The van der Waals surface area contributed by atoms with E-state index in [0.717, 1.165) is 27.6 Å². The van der Waals surface area contributed by atoms with Crippen LogP contribution in [0.1, 0.15) is 61.6 Å². The highest BCUT2D eigenvalue weighted by Gasteiger charge is 2.38. The molecule has 0 spiro atoms. The number of aryl methyl sites for hydroxylation is 1. The minimum absolute atomic E-state index is 0.0240. The summed E-state index contributed by atoms with van der Waals surface area (Å²) < 4.78 is 0. The van der Waals surface area contributed by atoms with E-state index in [-0.39, 0.29) is 45.3 Å². The number of aromatic amines is 1. The van der Waals surface area contributed by atoms with E-state index in [1.165, 1.54) is 4.90 Å². The van der Waals surface area contributed by atoms with Gasteiger partial charge in [-0.3, -0.25) is 28.8 Å². The van der Waals surface area contributed by atoms with Gasteiger partial charge < -0.3 is 47.3 Å². The summed E-state index contributed by atoms with van der Waals surface area (Å²) in [5, 5.41) is 23.6. The highest BCUT2D eigenvalue weighted by Crippen LogP contribution is 2.22. The number of hydrogen-bond acceptors (Lipinski definition) is 7. The third kappa shape index (κ3) is 12.7. The van der Waals surface area contributed by atoms with Gasteiger partial charge in [-0.1, -0.05) is 48.0 Å². The molecular weight excluding hydrogens is 732 g/mol. The van der Waals surface area contributed by atoms with Crippen LogP contribution >= 0.6 is 11.6 Å². The second-order valence-electron chi connectivity index (χ2n) is 13.6. The van der Waals surface area contributed by atoms with Crippen molar-refractivity contribution >= 4 is 64.0 Å². The number of carbonyl (C=O) groups excluding carboxylic acids is 6. The molecule has 2 heterocycles. The van der Waals surface area contributed by atoms with Crippen LogP contribution in [-0.4, -0.2) is 99.7 Å². The number of urea groups is 1. The number of rotatable bonds is 19. The molecule has 0 saturated carbocycles. The molecule has 9 N–H and O–H groups in total. The van der Waals surface area contributed by atoms with Crippen molar-refractivity contribution in [2.75, 3.05) is 19.0 Å². The van der Waals surface area contributed by atoms with Crippen LogP contribution in [0.2, 0.25) is 0 Å². The van der Waals surface area contributed by atoms with Crippen molar-refractivity contribution in [1.82, 2.24) is 36.5 Å². The summed E-state index contributed by atoms with van der Waals surface area (Å²) in [6, 6.07) is 9.79. The highest BCUT2D eigenvalue weighted by molar-refractivity contribution is 6.27. The van der Waals surface area contributed by atoms with Crippen molar-refractivity contribution in [1.29, 1.82) is 0 Å². The number of alkyl halides is 1. The zero-order valence-electron chi connectivity index (χ0n) is 30.7. The molecular formula is C38H49ClN8O8. The number of halogens is 1. The van der Waals surface area contributed by atoms with Gasteiger partial charge in [0.15, 0.2) is 0 Å². The lowest BCUT2D eigenvalue weighted by Crippen LogP contribution is -2.60. The predicted octanol–water partition coefficient (Wildman–Crippen LogP) is 1.72. The van der Waals surface area contributed by atoms with Crippen LogP contribution in [-0.2, 0) is 41.7 Å². The maximum absolute atomic E-state index is 14.2. The van der Waals surface area contributed by atoms with E-state index in [9.17, 15) is 38.7 Å². The van der Waals surface area contributed by atoms with Crippen molar-refractivity contribution in [3.63, 3.8) is 0 Å². The van der Waals surface area contributed by atoms with E-state index < -0.39 is 78.0 Å². The second kappa shape index (κ2) is 20.7.